The lowest BCUT2D eigenvalue weighted by Crippen LogP contribution is -2.47. The van der Waals surface area contributed by atoms with Gasteiger partial charge in [0.15, 0.2) is 0 Å². The molecule has 2 nitrogen and oxygen atoms in total. The van der Waals surface area contributed by atoms with E-state index in [0.717, 1.165) is 24.2 Å². The summed E-state index contributed by atoms with van der Waals surface area (Å²) in [7, 11) is 0. The predicted molar refractivity (Wildman–Crippen MR) is 66.7 cm³/mol. The topological polar surface area (TPSA) is 35.2 Å². The highest BCUT2D eigenvalue weighted by Gasteiger charge is 2.39. The first-order valence-electron chi connectivity index (χ1n) is 5.95. The van der Waals surface area contributed by atoms with Gasteiger partial charge in [-0.1, -0.05) is 19.1 Å². The quantitative estimate of drug-likeness (QED) is 0.788. The largest absolute Gasteiger partial charge is 0.487 e. The van der Waals surface area contributed by atoms with E-state index in [1.165, 1.54) is 5.56 Å². The van der Waals surface area contributed by atoms with Gasteiger partial charge in [0.25, 0.3) is 0 Å². The van der Waals surface area contributed by atoms with Crippen molar-refractivity contribution in [2.24, 2.45) is 5.73 Å². The molecule has 0 saturated heterocycles. The normalized spacial score (nSPS) is 27.1. The number of rotatable bonds is 1. The molecule has 1 heterocycles. The molecular weight excluding hydrogens is 198 g/mol. The number of ether oxygens (including phenoxy) is 1. The third kappa shape index (κ3) is 1.94. The van der Waals surface area contributed by atoms with Crippen LogP contribution in [0.25, 0.3) is 0 Å². The van der Waals surface area contributed by atoms with Crippen LogP contribution in [0.5, 0.6) is 5.75 Å². The average molecular weight is 219 g/mol. The van der Waals surface area contributed by atoms with E-state index in [1.54, 1.807) is 0 Å². The second-order valence-corrected chi connectivity index (χ2v) is 5.64. The van der Waals surface area contributed by atoms with Crippen LogP contribution < -0.4 is 10.5 Å². The Balaban J connectivity index is 2.51. The zero-order valence-electron chi connectivity index (χ0n) is 10.6. The Morgan fingerprint density at radius 1 is 1.31 bits per heavy atom. The minimum absolute atomic E-state index is 0.176. The van der Waals surface area contributed by atoms with E-state index in [9.17, 15) is 0 Å². The average Bonchev–Trinajstić information content (AvgIpc) is 2.14. The summed E-state index contributed by atoms with van der Waals surface area (Å²) >= 11 is 0. The third-order valence-corrected chi connectivity index (χ3v) is 3.25. The summed E-state index contributed by atoms with van der Waals surface area (Å²) in [5, 5.41) is 0. The summed E-state index contributed by atoms with van der Waals surface area (Å²) in [6, 6.07) is 6.36. The first-order chi connectivity index (χ1) is 7.34. The summed E-state index contributed by atoms with van der Waals surface area (Å²) in [5.74, 6) is 0.943. The van der Waals surface area contributed by atoms with Gasteiger partial charge in [-0.05, 0) is 38.8 Å². The number of hydrogen-bond donors (Lipinski definition) is 1. The second-order valence-electron chi connectivity index (χ2n) is 5.64. The van der Waals surface area contributed by atoms with Gasteiger partial charge >= 0.3 is 0 Å². The molecule has 0 amide bonds. The van der Waals surface area contributed by atoms with Crippen molar-refractivity contribution in [1.82, 2.24) is 0 Å². The van der Waals surface area contributed by atoms with E-state index >= 15 is 0 Å². The maximum atomic E-state index is 6.41. The molecule has 2 heteroatoms. The SMILES string of the molecule is CCc1ccc2c(c1)C(C)(N)CC(C)(C)O2. The molecule has 0 aromatic heterocycles. The van der Waals surface area contributed by atoms with Crippen LogP contribution in [0.15, 0.2) is 18.2 Å². The van der Waals surface area contributed by atoms with Crippen LogP contribution in [-0.2, 0) is 12.0 Å². The Labute approximate surface area is 97.8 Å². The van der Waals surface area contributed by atoms with Gasteiger partial charge in [0.1, 0.15) is 11.4 Å². The number of aryl methyl sites for hydroxylation is 1. The fourth-order valence-corrected chi connectivity index (χ4v) is 2.65. The van der Waals surface area contributed by atoms with E-state index in [0.29, 0.717) is 0 Å². The van der Waals surface area contributed by atoms with Gasteiger partial charge in [0.2, 0.25) is 0 Å². The van der Waals surface area contributed by atoms with E-state index in [2.05, 4.69) is 45.9 Å². The van der Waals surface area contributed by atoms with E-state index < -0.39 is 0 Å². The van der Waals surface area contributed by atoms with Gasteiger partial charge < -0.3 is 10.5 Å². The molecule has 1 aliphatic heterocycles. The fraction of sp³-hybridized carbons (Fsp3) is 0.571. The molecule has 0 aliphatic carbocycles. The summed E-state index contributed by atoms with van der Waals surface area (Å²) in [4.78, 5) is 0. The van der Waals surface area contributed by atoms with Crippen molar-refractivity contribution >= 4 is 0 Å². The third-order valence-electron chi connectivity index (χ3n) is 3.25. The first kappa shape index (κ1) is 11.5. The Morgan fingerprint density at radius 2 is 2.00 bits per heavy atom. The lowest BCUT2D eigenvalue weighted by molar-refractivity contribution is 0.0502. The summed E-state index contributed by atoms with van der Waals surface area (Å²) in [6.07, 6.45) is 1.88. The summed E-state index contributed by atoms with van der Waals surface area (Å²) < 4.78 is 5.97. The van der Waals surface area contributed by atoms with Crippen LogP contribution in [0.4, 0.5) is 0 Å². The standard InChI is InChI=1S/C14H21NO/c1-5-10-6-7-12-11(8-10)14(4,15)9-13(2,3)16-12/h6-8H,5,9,15H2,1-4H3. The minimum Gasteiger partial charge on any atom is -0.487 e. The van der Waals surface area contributed by atoms with Crippen molar-refractivity contribution in [3.8, 4) is 5.75 Å². The number of hydrogen-bond acceptors (Lipinski definition) is 2. The van der Waals surface area contributed by atoms with Crippen molar-refractivity contribution < 1.29 is 4.74 Å². The smallest absolute Gasteiger partial charge is 0.125 e. The highest BCUT2D eigenvalue weighted by Crippen LogP contribution is 2.42. The van der Waals surface area contributed by atoms with Crippen molar-refractivity contribution in [1.29, 1.82) is 0 Å². The van der Waals surface area contributed by atoms with E-state index in [-0.39, 0.29) is 11.1 Å². The van der Waals surface area contributed by atoms with E-state index in [1.807, 2.05) is 0 Å². The van der Waals surface area contributed by atoms with Gasteiger partial charge in [0, 0.05) is 17.5 Å². The Morgan fingerprint density at radius 3 is 2.62 bits per heavy atom. The highest BCUT2D eigenvalue weighted by atomic mass is 16.5. The molecule has 0 saturated carbocycles. The van der Waals surface area contributed by atoms with Crippen LogP contribution in [0.2, 0.25) is 0 Å². The zero-order valence-corrected chi connectivity index (χ0v) is 10.6. The van der Waals surface area contributed by atoms with Gasteiger partial charge in [-0.2, -0.15) is 0 Å². The van der Waals surface area contributed by atoms with Crippen molar-refractivity contribution in [3.63, 3.8) is 0 Å². The molecule has 1 atom stereocenters. The monoisotopic (exact) mass is 219 g/mol. The molecular formula is C14H21NO. The van der Waals surface area contributed by atoms with Crippen LogP contribution in [0, 0.1) is 0 Å². The van der Waals surface area contributed by atoms with Crippen LogP contribution in [0.1, 0.15) is 45.2 Å². The molecule has 0 radical (unpaired) electrons. The highest BCUT2D eigenvalue weighted by molar-refractivity contribution is 5.44. The molecule has 0 bridgehead atoms. The van der Waals surface area contributed by atoms with Gasteiger partial charge in [0.05, 0.1) is 0 Å². The molecule has 88 valence electrons. The van der Waals surface area contributed by atoms with E-state index in [4.69, 9.17) is 10.5 Å². The van der Waals surface area contributed by atoms with Crippen LogP contribution in [-0.4, -0.2) is 5.60 Å². The van der Waals surface area contributed by atoms with Crippen molar-refractivity contribution in [2.45, 2.75) is 51.7 Å². The maximum absolute atomic E-state index is 6.41. The first-order valence-corrected chi connectivity index (χ1v) is 5.95. The molecule has 1 aromatic rings. The van der Waals surface area contributed by atoms with Gasteiger partial charge in [-0.15, -0.1) is 0 Å². The lowest BCUT2D eigenvalue weighted by atomic mass is 9.79. The lowest BCUT2D eigenvalue weighted by Gasteiger charge is -2.42. The summed E-state index contributed by atoms with van der Waals surface area (Å²) in [5.41, 5.74) is 8.41. The predicted octanol–water partition coefficient (Wildman–Crippen LogP) is 2.98. The number of benzene rings is 1. The molecule has 16 heavy (non-hydrogen) atoms. The Kier molecular flexibility index (Phi) is 2.50. The minimum atomic E-state index is -0.289. The van der Waals surface area contributed by atoms with Crippen molar-refractivity contribution in [3.05, 3.63) is 29.3 Å². The summed E-state index contributed by atoms with van der Waals surface area (Å²) in [6.45, 7) is 8.43. The number of nitrogens with two attached hydrogens (primary N) is 1. The molecule has 2 N–H and O–H groups in total. The van der Waals surface area contributed by atoms with Crippen LogP contribution >= 0.6 is 0 Å². The maximum Gasteiger partial charge on any atom is 0.125 e. The molecule has 1 aromatic carbocycles. The van der Waals surface area contributed by atoms with Gasteiger partial charge in [-0.25, -0.2) is 0 Å². The fourth-order valence-electron chi connectivity index (χ4n) is 2.65. The molecule has 0 spiro atoms. The molecule has 2 rings (SSSR count). The van der Waals surface area contributed by atoms with Crippen LogP contribution in [0.3, 0.4) is 0 Å². The van der Waals surface area contributed by atoms with Gasteiger partial charge in [-0.3, -0.25) is 0 Å². The number of fused-ring (bicyclic) bond motifs is 1. The van der Waals surface area contributed by atoms with Crippen molar-refractivity contribution in [2.75, 3.05) is 0 Å². The zero-order chi connectivity index (χ0) is 12.0. The second kappa shape index (κ2) is 3.49. The molecule has 0 fully saturated rings. The Hall–Kier alpha value is -1.02. The molecule has 1 unspecified atom stereocenters. The molecule has 1 aliphatic rings. The Bertz CT molecular complexity index is 407.